The monoisotopic (exact) mass is 417 g/mol. The first-order valence-corrected chi connectivity index (χ1v) is 9.31. The number of esters is 1. The number of aromatic amines is 1. The number of benzene rings is 2. The summed E-state index contributed by atoms with van der Waals surface area (Å²) in [5.41, 5.74) is 1.53. The Labute approximate surface area is 171 Å². The summed E-state index contributed by atoms with van der Waals surface area (Å²) in [5, 5.41) is 3.19. The van der Waals surface area contributed by atoms with E-state index in [0.717, 1.165) is 5.56 Å². The van der Waals surface area contributed by atoms with E-state index in [2.05, 4.69) is 15.3 Å². The van der Waals surface area contributed by atoms with Crippen molar-refractivity contribution in [2.45, 2.75) is 19.4 Å². The molecule has 1 unspecified atom stereocenters. The van der Waals surface area contributed by atoms with Gasteiger partial charge in [0.2, 0.25) is 0 Å². The molecule has 1 heterocycles. The number of aromatic nitrogens is 2. The summed E-state index contributed by atoms with van der Waals surface area (Å²) in [5.74, 6) is -0.374. The molecule has 0 aliphatic heterocycles. The summed E-state index contributed by atoms with van der Waals surface area (Å²) in [7, 11) is 0. The number of amides is 1. The van der Waals surface area contributed by atoms with Gasteiger partial charge in [0.25, 0.3) is 5.91 Å². The average Bonchev–Trinajstić information content (AvgIpc) is 3.24. The largest absolute Gasteiger partial charge is 0.449 e. The van der Waals surface area contributed by atoms with E-state index in [9.17, 15) is 9.59 Å². The Bertz CT molecular complexity index is 973. The predicted octanol–water partition coefficient (Wildman–Crippen LogP) is 4.96. The lowest BCUT2D eigenvalue weighted by Crippen LogP contribution is -2.32. The van der Waals surface area contributed by atoms with Crippen molar-refractivity contribution in [2.75, 3.05) is 5.32 Å². The second-order valence-electron chi connectivity index (χ2n) is 5.91. The Balaban J connectivity index is 1.67. The Morgan fingerprint density at radius 3 is 2.57 bits per heavy atom. The Morgan fingerprint density at radius 2 is 1.93 bits per heavy atom. The van der Waals surface area contributed by atoms with E-state index >= 15 is 0 Å². The number of imidazole rings is 1. The fourth-order valence-electron chi connectivity index (χ4n) is 2.52. The van der Waals surface area contributed by atoms with E-state index < -0.39 is 18.0 Å². The second-order valence-corrected chi connectivity index (χ2v) is 6.69. The van der Waals surface area contributed by atoms with Crippen LogP contribution in [0.5, 0.6) is 0 Å². The van der Waals surface area contributed by atoms with Crippen LogP contribution in [-0.2, 0) is 9.53 Å². The third-order valence-electron chi connectivity index (χ3n) is 4.01. The van der Waals surface area contributed by atoms with Gasteiger partial charge >= 0.3 is 5.97 Å². The number of anilines is 1. The maximum Gasteiger partial charge on any atom is 0.338 e. The molecule has 0 bridgehead atoms. The Kier molecular flexibility index (Phi) is 6.34. The van der Waals surface area contributed by atoms with Crippen molar-refractivity contribution in [3.63, 3.8) is 0 Å². The lowest BCUT2D eigenvalue weighted by molar-refractivity contribution is -0.124. The van der Waals surface area contributed by atoms with E-state index in [1.807, 2.05) is 0 Å². The molecule has 2 aromatic carbocycles. The minimum Gasteiger partial charge on any atom is -0.449 e. The van der Waals surface area contributed by atoms with Crippen molar-refractivity contribution >= 4 is 40.8 Å². The number of H-pyrrole nitrogens is 1. The van der Waals surface area contributed by atoms with Gasteiger partial charge in [-0.25, -0.2) is 9.78 Å². The number of carbonyl (C=O) groups is 2. The van der Waals surface area contributed by atoms with Crippen LogP contribution in [0.25, 0.3) is 11.4 Å². The number of nitrogens with zero attached hydrogens (tertiary/aromatic N) is 1. The molecule has 6 nitrogen and oxygen atoms in total. The number of hydrogen-bond donors (Lipinski definition) is 2. The van der Waals surface area contributed by atoms with E-state index in [1.165, 1.54) is 0 Å². The summed E-state index contributed by atoms with van der Waals surface area (Å²) in [6, 6.07) is 11.6. The van der Waals surface area contributed by atoms with E-state index in [4.69, 9.17) is 27.9 Å². The molecule has 144 valence electrons. The lowest BCUT2D eigenvalue weighted by Gasteiger charge is -2.17. The molecule has 3 rings (SSSR count). The molecule has 0 saturated carbocycles. The third-order valence-corrected chi connectivity index (χ3v) is 4.83. The molecule has 0 radical (unpaired) electrons. The molecule has 0 spiro atoms. The first kappa shape index (κ1) is 19.9. The van der Waals surface area contributed by atoms with Crippen molar-refractivity contribution in [1.29, 1.82) is 0 Å². The average molecular weight is 418 g/mol. The van der Waals surface area contributed by atoms with Gasteiger partial charge in [0, 0.05) is 18.0 Å². The molecule has 28 heavy (non-hydrogen) atoms. The van der Waals surface area contributed by atoms with Crippen molar-refractivity contribution in [1.82, 2.24) is 9.97 Å². The highest BCUT2D eigenvalue weighted by atomic mass is 35.5. The summed E-state index contributed by atoms with van der Waals surface area (Å²) in [6.45, 7) is 1.75. The van der Waals surface area contributed by atoms with Crippen LogP contribution >= 0.6 is 23.2 Å². The van der Waals surface area contributed by atoms with Crippen molar-refractivity contribution in [2.24, 2.45) is 0 Å². The maximum atomic E-state index is 12.5. The lowest BCUT2D eigenvalue weighted by atomic mass is 10.1. The van der Waals surface area contributed by atoms with Gasteiger partial charge in [-0.1, -0.05) is 48.3 Å². The van der Waals surface area contributed by atoms with Gasteiger partial charge in [-0.05, 0) is 30.7 Å². The minimum absolute atomic E-state index is 0.229. The fourth-order valence-corrected chi connectivity index (χ4v) is 2.87. The van der Waals surface area contributed by atoms with Crippen molar-refractivity contribution in [3.05, 3.63) is 70.5 Å². The molecule has 0 aliphatic rings. The summed E-state index contributed by atoms with van der Waals surface area (Å²) in [4.78, 5) is 32.0. The number of rotatable bonds is 6. The Morgan fingerprint density at radius 1 is 1.18 bits per heavy atom. The molecule has 2 N–H and O–H groups in total. The zero-order chi connectivity index (χ0) is 20.1. The molecule has 0 saturated heterocycles. The maximum absolute atomic E-state index is 12.5. The molecule has 1 aromatic heterocycles. The number of hydrogen-bond acceptors (Lipinski definition) is 4. The van der Waals surface area contributed by atoms with Gasteiger partial charge in [0.1, 0.15) is 5.82 Å². The van der Waals surface area contributed by atoms with E-state index in [0.29, 0.717) is 28.5 Å². The van der Waals surface area contributed by atoms with Crippen LogP contribution in [0.15, 0.2) is 54.9 Å². The highest BCUT2D eigenvalue weighted by molar-refractivity contribution is 6.44. The topological polar surface area (TPSA) is 84.1 Å². The van der Waals surface area contributed by atoms with Gasteiger partial charge in [-0.15, -0.1) is 0 Å². The molecule has 3 aromatic rings. The number of ether oxygens (including phenoxy) is 1. The molecular formula is C20H17Cl2N3O3. The third kappa shape index (κ3) is 4.52. The fraction of sp³-hybridized carbons (Fsp3) is 0.150. The zero-order valence-electron chi connectivity index (χ0n) is 14.9. The Hall–Kier alpha value is -2.83. The van der Waals surface area contributed by atoms with Crippen LogP contribution in [0.1, 0.15) is 23.7 Å². The molecule has 0 fully saturated rings. The second kappa shape index (κ2) is 8.91. The van der Waals surface area contributed by atoms with Gasteiger partial charge in [-0.3, -0.25) is 4.79 Å². The normalized spacial score (nSPS) is 11.7. The molecule has 1 atom stereocenters. The van der Waals surface area contributed by atoms with E-state index in [1.54, 1.807) is 61.8 Å². The van der Waals surface area contributed by atoms with Crippen LogP contribution in [0, 0.1) is 0 Å². The molecule has 8 heteroatoms. The van der Waals surface area contributed by atoms with Crippen LogP contribution in [0.4, 0.5) is 5.69 Å². The number of nitrogens with one attached hydrogen (secondary N) is 2. The van der Waals surface area contributed by atoms with Gasteiger partial charge in [-0.2, -0.15) is 0 Å². The standard InChI is InChI=1S/C20H17Cl2N3O3/c1-2-16(19(26)25-15-5-3-4-14(21)17(15)22)28-20(27)13-8-6-12(7-9-13)18-23-10-11-24-18/h3-11,16H,2H2,1H3,(H,23,24)(H,25,26). The van der Waals surface area contributed by atoms with Crippen molar-refractivity contribution < 1.29 is 14.3 Å². The first-order chi connectivity index (χ1) is 13.5. The number of halogens is 2. The SMILES string of the molecule is CCC(OC(=O)c1ccc(-c2ncc[nH]2)cc1)C(=O)Nc1cccc(Cl)c1Cl. The van der Waals surface area contributed by atoms with Crippen LogP contribution in [-0.4, -0.2) is 27.9 Å². The van der Waals surface area contributed by atoms with Gasteiger partial charge < -0.3 is 15.0 Å². The first-order valence-electron chi connectivity index (χ1n) is 8.55. The van der Waals surface area contributed by atoms with Crippen LogP contribution < -0.4 is 5.32 Å². The highest BCUT2D eigenvalue weighted by Crippen LogP contribution is 2.29. The summed E-state index contributed by atoms with van der Waals surface area (Å²) >= 11 is 12.0. The summed E-state index contributed by atoms with van der Waals surface area (Å²) in [6.07, 6.45) is 2.70. The van der Waals surface area contributed by atoms with E-state index in [-0.39, 0.29) is 5.02 Å². The van der Waals surface area contributed by atoms with Crippen LogP contribution in [0.2, 0.25) is 10.0 Å². The van der Waals surface area contributed by atoms with Crippen LogP contribution in [0.3, 0.4) is 0 Å². The highest BCUT2D eigenvalue weighted by Gasteiger charge is 2.23. The smallest absolute Gasteiger partial charge is 0.338 e. The van der Waals surface area contributed by atoms with Gasteiger partial charge in [0.15, 0.2) is 6.10 Å². The zero-order valence-corrected chi connectivity index (χ0v) is 16.4. The molecule has 0 aliphatic carbocycles. The van der Waals surface area contributed by atoms with Gasteiger partial charge in [0.05, 0.1) is 21.3 Å². The number of carbonyl (C=O) groups excluding carboxylic acids is 2. The minimum atomic E-state index is -0.965. The quantitative estimate of drug-likeness (QED) is 0.555. The van der Waals surface area contributed by atoms with Crippen molar-refractivity contribution in [3.8, 4) is 11.4 Å². The predicted molar refractivity (Wildman–Crippen MR) is 109 cm³/mol. The molecule has 1 amide bonds. The molecular weight excluding hydrogens is 401 g/mol. The summed E-state index contributed by atoms with van der Waals surface area (Å²) < 4.78 is 5.37.